The highest BCUT2D eigenvalue weighted by Crippen LogP contribution is 2.40. The molecule has 2 N–H and O–H groups in total. The average Bonchev–Trinajstić information content (AvgIpc) is 2.93. The van der Waals surface area contributed by atoms with Crippen molar-refractivity contribution in [3.8, 4) is 22.8 Å². The summed E-state index contributed by atoms with van der Waals surface area (Å²) in [5, 5.41) is 3.55. The molecule has 0 amide bonds. The van der Waals surface area contributed by atoms with Crippen LogP contribution in [0.1, 0.15) is 0 Å². The molecular weight excluding hydrogens is 272 g/mol. The van der Waals surface area contributed by atoms with Crippen molar-refractivity contribution >= 4 is 15.7 Å². The summed E-state index contributed by atoms with van der Waals surface area (Å²) >= 11 is 0. The number of sulfone groups is 1. The molecule has 8 heteroatoms. The van der Waals surface area contributed by atoms with Crippen molar-refractivity contribution in [2.45, 2.75) is 4.90 Å². The number of benzene rings is 1. The van der Waals surface area contributed by atoms with Gasteiger partial charge in [-0.05, 0) is 6.07 Å². The van der Waals surface area contributed by atoms with E-state index >= 15 is 0 Å². The standard InChI is InChI=1S/C11H10N2O5S/c1-19(14,15)10-3-9-8(16-5-17-9)2-6(10)7-4-11(12)13-18-7/h2-4H,5H2,1H3,(H2,12,13). The molecule has 1 aromatic carbocycles. The largest absolute Gasteiger partial charge is 0.454 e. The number of aromatic nitrogens is 1. The van der Waals surface area contributed by atoms with Crippen LogP contribution in [-0.4, -0.2) is 26.6 Å². The SMILES string of the molecule is CS(=O)(=O)c1cc2c(cc1-c1cc(N)no1)OCO2. The summed E-state index contributed by atoms with van der Waals surface area (Å²) in [5.41, 5.74) is 5.82. The predicted octanol–water partition coefficient (Wildman–Crippen LogP) is 1.06. The zero-order chi connectivity index (χ0) is 13.6. The van der Waals surface area contributed by atoms with E-state index in [0.29, 0.717) is 17.1 Å². The van der Waals surface area contributed by atoms with E-state index in [1.165, 1.54) is 12.1 Å². The smallest absolute Gasteiger partial charge is 0.231 e. The fraction of sp³-hybridized carbons (Fsp3) is 0.182. The molecule has 2 aromatic rings. The van der Waals surface area contributed by atoms with Gasteiger partial charge in [0, 0.05) is 24.0 Å². The Balaban J connectivity index is 2.28. The van der Waals surface area contributed by atoms with Crippen molar-refractivity contribution in [1.29, 1.82) is 0 Å². The highest BCUT2D eigenvalue weighted by Gasteiger charge is 2.24. The molecular formula is C11H10N2O5S. The number of rotatable bonds is 2. The molecule has 19 heavy (non-hydrogen) atoms. The number of hydrogen-bond acceptors (Lipinski definition) is 7. The first-order chi connectivity index (χ1) is 8.95. The minimum Gasteiger partial charge on any atom is -0.454 e. The maximum absolute atomic E-state index is 11.8. The molecule has 100 valence electrons. The van der Waals surface area contributed by atoms with Gasteiger partial charge in [0.25, 0.3) is 0 Å². The minimum absolute atomic E-state index is 0.0561. The van der Waals surface area contributed by atoms with Crippen molar-refractivity contribution < 1.29 is 22.4 Å². The summed E-state index contributed by atoms with van der Waals surface area (Å²) in [5.74, 6) is 1.28. The second-order valence-electron chi connectivity index (χ2n) is 4.09. The molecule has 2 heterocycles. The number of nitrogen functional groups attached to an aromatic ring is 1. The lowest BCUT2D eigenvalue weighted by atomic mass is 10.1. The van der Waals surface area contributed by atoms with Gasteiger partial charge in [-0.1, -0.05) is 5.16 Å². The summed E-state index contributed by atoms with van der Waals surface area (Å²) in [4.78, 5) is 0.0768. The Morgan fingerprint density at radius 3 is 2.47 bits per heavy atom. The summed E-state index contributed by atoms with van der Waals surface area (Å²) in [6.07, 6.45) is 1.10. The van der Waals surface area contributed by atoms with Crippen LogP contribution in [0.15, 0.2) is 27.6 Å². The number of hydrogen-bond donors (Lipinski definition) is 1. The van der Waals surface area contributed by atoms with E-state index in [0.717, 1.165) is 6.26 Å². The van der Waals surface area contributed by atoms with Gasteiger partial charge >= 0.3 is 0 Å². The van der Waals surface area contributed by atoms with Crippen molar-refractivity contribution in [2.75, 3.05) is 18.8 Å². The van der Waals surface area contributed by atoms with E-state index in [1.54, 1.807) is 6.07 Å². The van der Waals surface area contributed by atoms with E-state index in [1.807, 2.05) is 0 Å². The Kier molecular flexibility index (Phi) is 2.42. The second kappa shape index (κ2) is 3.89. The van der Waals surface area contributed by atoms with Gasteiger partial charge in [0.15, 0.2) is 32.9 Å². The molecule has 3 rings (SSSR count). The molecule has 0 fully saturated rings. The van der Waals surface area contributed by atoms with Crippen LogP contribution in [0.2, 0.25) is 0 Å². The molecule has 1 aromatic heterocycles. The van der Waals surface area contributed by atoms with E-state index in [2.05, 4.69) is 5.16 Å². The predicted molar refractivity (Wildman–Crippen MR) is 65.6 cm³/mol. The van der Waals surface area contributed by atoms with Crippen LogP contribution in [0.4, 0.5) is 5.82 Å². The van der Waals surface area contributed by atoms with E-state index in [9.17, 15) is 8.42 Å². The maximum Gasteiger partial charge on any atom is 0.231 e. The molecule has 1 aliphatic rings. The molecule has 0 radical (unpaired) electrons. The first kappa shape index (κ1) is 11.8. The van der Waals surface area contributed by atoms with Crippen molar-refractivity contribution in [3.05, 3.63) is 18.2 Å². The van der Waals surface area contributed by atoms with Crippen LogP contribution in [0.5, 0.6) is 11.5 Å². The Morgan fingerprint density at radius 2 is 1.89 bits per heavy atom. The first-order valence-corrected chi connectivity index (χ1v) is 7.20. The summed E-state index contributed by atoms with van der Waals surface area (Å²) in [7, 11) is -3.46. The quantitative estimate of drug-likeness (QED) is 0.877. The van der Waals surface area contributed by atoms with Gasteiger partial charge in [-0.3, -0.25) is 0 Å². The summed E-state index contributed by atoms with van der Waals surface area (Å²) in [6, 6.07) is 4.40. The fourth-order valence-electron chi connectivity index (χ4n) is 1.84. The van der Waals surface area contributed by atoms with Crippen LogP contribution in [0, 0.1) is 0 Å². The van der Waals surface area contributed by atoms with Crippen molar-refractivity contribution in [2.24, 2.45) is 0 Å². The molecule has 0 saturated heterocycles. The minimum atomic E-state index is -3.46. The Labute approximate surface area is 108 Å². The number of ether oxygens (including phenoxy) is 2. The van der Waals surface area contributed by atoms with Gasteiger partial charge in [0.05, 0.1) is 4.90 Å². The Morgan fingerprint density at radius 1 is 1.21 bits per heavy atom. The third-order valence-corrected chi connectivity index (χ3v) is 3.80. The van der Waals surface area contributed by atoms with E-state index in [4.69, 9.17) is 19.7 Å². The molecule has 0 bridgehead atoms. The fourth-order valence-corrected chi connectivity index (χ4v) is 2.72. The zero-order valence-corrected chi connectivity index (χ0v) is 10.7. The first-order valence-electron chi connectivity index (χ1n) is 5.31. The third kappa shape index (κ3) is 1.99. The van der Waals surface area contributed by atoms with Crippen molar-refractivity contribution in [1.82, 2.24) is 5.16 Å². The van der Waals surface area contributed by atoms with Crippen LogP contribution in [0.3, 0.4) is 0 Å². The molecule has 0 unspecified atom stereocenters. The van der Waals surface area contributed by atoms with E-state index in [-0.39, 0.29) is 23.3 Å². The number of fused-ring (bicyclic) bond motifs is 1. The monoisotopic (exact) mass is 282 g/mol. The Bertz CT molecular complexity index is 750. The summed E-state index contributed by atoms with van der Waals surface area (Å²) in [6.45, 7) is 0.0561. The third-order valence-electron chi connectivity index (χ3n) is 2.67. The number of nitrogens with zero attached hydrogens (tertiary/aromatic N) is 1. The van der Waals surface area contributed by atoms with Crippen LogP contribution in [0.25, 0.3) is 11.3 Å². The molecule has 0 atom stereocenters. The molecule has 7 nitrogen and oxygen atoms in total. The maximum atomic E-state index is 11.8. The average molecular weight is 282 g/mol. The molecule has 1 aliphatic heterocycles. The van der Waals surface area contributed by atoms with Gasteiger partial charge in [-0.2, -0.15) is 0 Å². The van der Waals surface area contributed by atoms with Gasteiger partial charge in [0.2, 0.25) is 6.79 Å². The molecule has 0 aliphatic carbocycles. The number of nitrogens with two attached hydrogens (primary N) is 1. The molecule has 0 spiro atoms. The van der Waals surface area contributed by atoms with E-state index < -0.39 is 9.84 Å². The zero-order valence-electron chi connectivity index (χ0n) is 9.91. The topological polar surface area (TPSA) is 105 Å². The molecule has 0 saturated carbocycles. The van der Waals surface area contributed by atoms with Gasteiger partial charge < -0.3 is 19.7 Å². The van der Waals surface area contributed by atoms with Gasteiger partial charge in [-0.25, -0.2) is 8.42 Å². The lowest BCUT2D eigenvalue weighted by Crippen LogP contribution is -2.00. The second-order valence-corrected chi connectivity index (χ2v) is 6.07. The van der Waals surface area contributed by atoms with Crippen molar-refractivity contribution in [3.63, 3.8) is 0 Å². The lowest BCUT2D eigenvalue weighted by molar-refractivity contribution is 0.174. The lowest BCUT2D eigenvalue weighted by Gasteiger charge is -2.06. The van der Waals surface area contributed by atoms with Crippen LogP contribution >= 0.6 is 0 Å². The van der Waals surface area contributed by atoms with Crippen LogP contribution < -0.4 is 15.2 Å². The van der Waals surface area contributed by atoms with Gasteiger partial charge in [-0.15, -0.1) is 0 Å². The highest BCUT2D eigenvalue weighted by atomic mass is 32.2. The van der Waals surface area contributed by atoms with Crippen LogP contribution in [-0.2, 0) is 9.84 Å². The highest BCUT2D eigenvalue weighted by molar-refractivity contribution is 7.90. The Hall–Kier alpha value is -2.22. The van der Waals surface area contributed by atoms with Gasteiger partial charge in [0.1, 0.15) is 0 Å². The summed E-state index contributed by atoms with van der Waals surface area (Å²) < 4.78 is 39.1. The normalized spacial score (nSPS) is 13.7. The number of anilines is 1.